The molecule has 0 unspecified atom stereocenters. The van der Waals surface area contributed by atoms with Gasteiger partial charge in [0, 0.05) is 12.5 Å². The standard InChI is InChI=1S/C14H14N2O3/c15-14-12(16(17)18)7-4-8-13(14)19-10-9-11-5-2-1-3-6-11/h1-8H,9-10,15H2. The average molecular weight is 258 g/mol. The maximum absolute atomic E-state index is 10.7. The van der Waals surface area contributed by atoms with E-state index in [2.05, 4.69) is 0 Å². The summed E-state index contributed by atoms with van der Waals surface area (Å²) in [7, 11) is 0. The highest BCUT2D eigenvalue weighted by Crippen LogP contribution is 2.30. The fourth-order valence-corrected chi connectivity index (χ4v) is 1.74. The first-order valence-corrected chi connectivity index (χ1v) is 5.88. The van der Waals surface area contributed by atoms with E-state index < -0.39 is 4.92 Å². The maximum Gasteiger partial charge on any atom is 0.295 e. The van der Waals surface area contributed by atoms with E-state index in [1.165, 1.54) is 6.07 Å². The zero-order valence-electron chi connectivity index (χ0n) is 10.3. The van der Waals surface area contributed by atoms with Crippen molar-refractivity contribution in [1.82, 2.24) is 0 Å². The van der Waals surface area contributed by atoms with Crippen LogP contribution in [0.25, 0.3) is 0 Å². The molecule has 0 saturated heterocycles. The lowest BCUT2D eigenvalue weighted by Gasteiger charge is -2.08. The third-order valence-electron chi connectivity index (χ3n) is 2.73. The Morgan fingerprint density at radius 2 is 1.84 bits per heavy atom. The van der Waals surface area contributed by atoms with Crippen molar-refractivity contribution in [2.75, 3.05) is 12.3 Å². The van der Waals surface area contributed by atoms with Crippen LogP contribution in [-0.2, 0) is 6.42 Å². The number of anilines is 1. The zero-order chi connectivity index (χ0) is 13.7. The number of hydrogen-bond acceptors (Lipinski definition) is 4. The van der Waals surface area contributed by atoms with Gasteiger partial charge in [-0.25, -0.2) is 0 Å². The molecule has 0 fully saturated rings. The van der Waals surface area contributed by atoms with Crippen molar-refractivity contribution in [1.29, 1.82) is 0 Å². The van der Waals surface area contributed by atoms with Crippen molar-refractivity contribution >= 4 is 11.4 Å². The minimum absolute atomic E-state index is 0.0700. The second kappa shape index (κ2) is 5.86. The van der Waals surface area contributed by atoms with Gasteiger partial charge in [-0.3, -0.25) is 10.1 Å². The van der Waals surface area contributed by atoms with Gasteiger partial charge in [0.25, 0.3) is 5.69 Å². The average Bonchev–Trinajstić information content (AvgIpc) is 2.41. The summed E-state index contributed by atoms with van der Waals surface area (Å²) in [4.78, 5) is 10.2. The SMILES string of the molecule is Nc1c(OCCc2ccccc2)cccc1[N+](=O)[O-]. The Kier molecular flexibility index (Phi) is 3.97. The quantitative estimate of drug-likeness (QED) is 0.508. The summed E-state index contributed by atoms with van der Waals surface area (Å²) in [5.74, 6) is 0.352. The number of ether oxygens (including phenoxy) is 1. The zero-order valence-corrected chi connectivity index (χ0v) is 10.3. The minimum atomic E-state index is -0.514. The van der Waals surface area contributed by atoms with Gasteiger partial charge < -0.3 is 10.5 Å². The van der Waals surface area contributed by atoms with Crippen LogP contribution in [0.3, 0.4) is 0 Å². The third kappa shape index (κ3) is 3.22. The van der Waals surface area contributed by atoms with Crippen molar-refractivity contribution in [2.45, 2.75) is 6.42 Å². The minimum Gasteiger partial charge on any atom is -0.491 e. The van der Waals surface area contributed by atoms with Crippen LogP contribution in [0.15, 0.2) is 48.5 Å². The highest BCUT2D eigenvalue weighted by atomic mass is 16.6. The van der Waals surface area contributed by atoms with Crippen molar-refractivity contribution in [3.8, 4) is 5.75 Å². The van der Waals surface area contributed by atoms with Gasteiger partial charge in [0.1, 0.15) is 5.75 Å². The molecule has 0 saturated carbocycles. The molecule has 0 atom stereocenters. The van der Waals surface area contributed by atoms with Gasteiger partial charge in [-0.15, -0.1) is 0 Å². The summed E-state index contributed by atoms with van der Waals surface area (Å²) in [6, 6.07) is 14.4. The summed E-state index contributed by atoms with van der Waals surface area (Å²) < 4.78 is 5.50. The Balaban J connectivity index is 2.00. The summed E-state index contributed by atoms with van der Waals surface area (Å²) in [6.45, 7) is 0.426. The maximum atomic E-state index is 10.7. The van der Waals surface area contributed by atoms with E-state index in [0.29, 0.717) is 12.4 Å². The van der Waals surface area contributed by atoms with Crippen LogP contribution in [0.2, 0.25) is 0 Å². The number of rotatable bonds is 5. The molecule has 2 aromatic rings. The molecule has 2 aromatic carbocycles. The number of hydrogen-bond donors (Lipinski definition) is 1. The highest BCUT2D eigenvalue weighted by molar-refractivity contribution is 5.66. The van der Waals surface area contributed by atoms with E-state index >= 15 is 0 Å². The van der Waals surface area contributed by atoms with Gasteiger partial charge in [0.15, 0.2) is 5.69 Å². The molecule has 5 nitrogen and oxygen atoms in total. The molecule has 0 aliphatic heterocycles. The molecule has 0 heterocycles. The lowest BCUT2D eigenvalue weighted by atomic mass is 10.2. The second-order valence-corrected chi connectivity index (χ2v) is 4.03. The molecule has 0 bridgehead atoms. The van der Waals surface area contributed by atoms with Gasteiger partial charge in [-0.05, 0) is 11.6 Å². The Morgan fingerprint density at radius 1 is 1.11 bits per heavy atom. The number of nitro groups is 1. The monoisotopic (exact) mass is 258 g/mol. The number of para-hydroxylation sites is 1. The largest absolute Gasteiger partial charge is 0.491 e. The molecule has 0 amide bonds. The number of nitrogens with zero attached hydrogens (tertiary/aromatic N) is 1. The second-order valence-electron chi connectivity index (χ2n) is 4.03. The molecule has 98 valence electrons. The smallest absolute Gasteiger partial charge is 0.295 e. The van der Waals surface area contributed by atoms with Crippen LogP contribution in [0.1, 0.15) is 5.56 Å². The van der Waals surface area contributed by atoms with E-state index in [-0.39, 0.29) is 11.4 Å². The van der Waals surface area contributed by atoms with Crippen LogP contribution in [0, 0.1) is 10.1 Å². The van der Waals surface area contributed by atoms with Crippen molar-refractivity contribution < 1.29 is 9.66 Å². The topological polar surface area (TPSA) is 78.4 Å². The number of nitrogens with two attached hydrogens (primary N) is 1. The molecular weight excluding hydrogens is 244 g/mol. The number of nitro benzene ring substituents is 1. The van der Waals surface area contributed by atoms with Gasteiger partial charge in [-0.1, -0.05) is 36.4 Å². The lowest BCUT2D eigenvalue weighted by molar-refractivity contribution is -0.384. The summed E-state index contributed by atoms with van der Waals surface area (Å²) >= 11 is 0. The first kappa shape index (κ1) is 12.9. The van der Waals surface area contributed by atoms with Crippen LogP contribution in [-0.4, -0.2) is 11.5 Å². The van der Waals surface area contributed by atoms with Crippen LogP contribution >= 0.6 is 0 Å². The van der Waals surface area contributed by atoms with E-state index in [0.717, 1.165) is 12.0 Å². The molecule has 0 spiro atoms. The van der Waals surface area contributed by atoms with Gasteiger partial charge in [0.2, 0.25) is 0 Å². The van der Waals surface area contributed by atoms with Crippen molar-refractivity contribution in [2.24, 2.45) is 0 Å². The third-order valence-corrected chi connectivity index (χ3v) is 2.73. The molecule has 0 aliphatic rings. The Bertz CT molecular complexity index is 570. The van der Waals surface area contributed by atoms with E-state index in [4.69, 9.17) is 10.5 Å². The molecule has 0 radical (unpaired) electrons. The Hall–Kier alpha value is -2.56. The van der Waals surface area contributed by atoms with Crippen LogP contribution in [0.4, 0.5) is 11.4 Å². The van der Waals surface area contributed by atoms with Crippen LogP contribution < -0.4 is 10.5 Å². The molecule has 19 heavy (non-hydrogen) atoms. The Morgan fingerprint density at radius 3 is 2.53 bits per heavy atom. The van der Waals surface area contributed by atoms with Crippen molar-refractivity contribution in [3.63, 3.8) is 0 Å². The molecule has 2 N–H and O–H groups in total. The van der Waals surface area contributed by atoms with E-state index in [1.807, 2.05) is 30.3 Å². The summed E-state index contributed by atoms with van der Waals surface area (Å²) in [5.41, 5.74) is 6.78. The molecular formula is C14H14N2O3. The fraction of sp³-hybridized carbons (Fsp3) is 0.143. The van der Waals surface area contributed by atoms with Crippen molar-refractivity contribution in [3.05, 3.63) is 64.2 Å². The Labute approximate surface area is 110 Å². The lowest BCUT2D eigenvalue weighted by Crippen LogP contribution is -2.04. The first-order valence-electron chi connectivity index (χ1n) is 5.88. The van der Waals surface area contributed by atoms with E-state index in [9.17, 15) is 10.1 Å². The van der Waals surface area contributed by atoms with Gasteiger partial charge >= 0.3 is 0 Å². The number of benzene rings is 2. The fourth-order valence-electron chi connectivity index (χ4n) is 1.74. The predicted octanol–water partition coefficient (Wildman–Crippen LogP) is 2.80. The summed E-state index contributed by atoms with van der Waals surface area (Å²) in [5, 5.41) is 10.7. The van der Waals surface area contributed by atoms with Crippen LogP contribution in [0.5, 0.6) is 5.75 Å². The molecule has 0 aliphatic carbocycles. The molecule has 2 rings (SSSR count). The first-order chi connectivity index (χ1) is 9.18. The molecule has 5 heteroatoms. The normalized spacial score (nSPS) is 10.1. The van der Waals surface area contributed by atoms with Gasteiger partial charge in [0.05, 0.1) is 11.5 Å². The molecule has 0 aromatic heterocycles. The van der Waals surface area contributed by atoms with E-state index in [1.54, 1.807) is 12.1 Å². The number of nitrogen functional groups attached to an aromatic ring is 1. The van der Waals surface area contributed by atoms with Gasteiger partial charge in [-0.2, -0.15) is 0 Å². The summed E-state index contributed by atoms with van der Waals surface area (Å²) in [6.07, 6.45) is 0.725. The highest BCUT2D eigenvalue weighted by Gasteiger charge is 2.14. The predicted molar refractivity (Wildman–Crippen MR) is 73.1 cm³/mol.